The molecule has 2 aromatic carbocycles. The van der Waals surface area contributed by atoms with Crippen LogP contribution in [-0.2, 0) is 25.8 Å². The molecule has 2 aliphatic heterocycles. The molecule has 42 heavy (non-hydrogen) atoms. The lowest BCUT2D eigenvalue weighted by Crippen LogP contribution is -2.39. The van der Waals surface area contributed by atoms with E-state index in [1.165, 1.54) is 0 Å². The minimum absolute atomic E-state index is 0.0213. The summed E-state index contributed by atoms with van der Waals surface area (Å²) in [4.78, 5) is 30.9. The first-order valence-corrected chi connectivity index (χ1v) is 15.8. The van der Waals surface area contributed by atoms with E-state index in [9.17, 15) is 9.59 Å². The van der Waals surface area contributed by atoms with Gasteiger partial charge in [0.2, 0.25) is 0 Å². The van der Waals surface area contributed by atoms with Crippen molar-refractivity contribution in [3.05, 3.63) is 97.4 Å². The van der Waals surface area contributed by atoms with Gasteiger partial charge in [-0.15, -0.1) is 0 Å². The average Bonchev–Trinajstić information content (AvgIpc) is 3.46. The van der Waals surface area contributed by atoms with Crippen molar-refractivity contribution >= 4 is 29.4 Å². The number of amides is 1. The zero-order chi connectivity index (χ0) is 29.8. The Bertz CT molecular complexity index is 1560. The molecule has 7 heteroatoms. The molecule has 0 unspecified atom stereocenters. The first-order chi connectivity index (χ1) is 20.3. The lowest BCUT2D eigenvalue weighted by molar-refractivity contribution is -0.542. The molecule has 2 aliphatic rings. The molecule has 1 aromatic heterocycles. The van der Waals surface area contributed by atoms with E-state index in [-0.39, 0.29) is 17.4 Å². The van der Waals surface area contributed by atoms with Crippen LogP contribution in [0.4, 0.5) is 0 Å². The second-order valence-corrected chi connectivity index (χ2v) is 12.2. The first kappa shape index (κ1) is 30.0. The van der Waals surface area contributed by atoms with E-state index in [2.05, 4.69) is 45.9 Å². The van der Waals surface area contributed by atoms with E-state index in [1.54, 1.807) is 0 Å². The van der Waals surface area contributed by atoms with Crippen molar-refractivity contribution in [1.82, 2.24) is 9.47 Å². The van der Waals surface area contributed by atoms with Gasteiger partial charge in [0, 0.05) is 29.4 Å². The smallest absolute Gasteiger partial charge is 0.264 e. The van der Waals surface area contributed by atoms with E-state index in [0.29, 0.717) is 41.2 Å². The van der Waals surface area contributed by atoms with Gasteiger partial charge in [0.15, 0.2) is 12.8 Å². The number of hydrazone groups is 1. The van der Waals surface area contributed by atoms with E-state index >= 15 is 0 Å². The third-order valence-corrected chi connectivity index (χ3v) is 8.53. The molecular formula is C35H42ClN4O2+. The van der Waals surface area contributed by atoms with Crippen molar-refractivity contribution in [1.29, 1.82) is 0 Å². The average molecular weight is 586 g/mol. The maximum Gasteiger partial charge on any atom is 0.264 e. The summed E-state index contributed by atoms with van der Waals surface area (Å²) in [6.07, 6.45) is 7.93. The molecule has 6 nitrogen and oxygen atoms in total. The van der Waals surface area contributed by atoms with Crippen molar-refractivity contribution in [2.45, 2.75) is 79.2 Å². The molecule has 0 bridgehead atoms. The van der Waals surface area contributed by atoms with Crippen LogP contribution in [0.5, 0.6) is 0 Å². The van der Waals surface area contributed by atoms with Crippen molar-refractivity contribution in [2.24, 2.45) is 11.0 Å². The molecule has 0 saturated carbocycles. The molecule has 1 fully saturated rings. The number of benzene rings is 2. The highest BCUT2D eigenvalue weighted by molar-refractivity contribution is 6.30. The largest absolute Gasteiger partial charge is 0.339 e. The third kappa shape index (κ3) is 6.29. The van der Waals surface area contributed by atoms with Crippen LogP contribution in [0, 0.1) is 5.92 Å². The fourth-order valence-corrected chi connectivity index (χ4v) is 6.23. The van der Waals surface area contributed by atoms with E-state index in [0.717, 1.165) is 73.3 Å². The number of aromatic nitrogens is 1. The molecule has 5 rings (SSSR count). The van der Waals surface area contributed by atoms with Crippen molar-refractivity contribution in [2.75, 3.05) is 13.1 Å². The number of carbonyl (C=O) groups excluding carboxylic acids is 1. The lowest BCUT2D eigenvalue weighted by Gasteiger charge is -2.29. The van der Waals surface area contributed by atoms with Crippen LogP contribution < -0.4 is 5.56 Å². The monoisotopic (exact) mass is 585 g/mol. The Balaban J connectivity index is 1.71. The zero-order valence-electron chi connectivity index (χ0n) is 25.3. The van der Waals surface area contributed by atoms with E-state index < -0.39 is 0 Å². The van der Waals surface area contributed by atoms with Gasteiger partial charge in [-0.25, -0.2) is 0 Å². The molecule has 0 radical (unpaired) electrons. The molecule has 0 spiro atoms. The number of rotatable bonds is 9. The van der Waals surface area contributed by atoms with Crippen LogP contribution in [0.2, 0.25) is 5.02 Å². The Labute approximate surface area is 254 Å². The molecule has 0 atom stereocenters. The van der Waals surface area contributed by atoms with Crippen molar-refractivity contribution < 1.29 is 9.48 Å². The van der Waals surface area contributed by atoms with Gasteiger partial charge in [0.05, 0.1) is 23.2 Å². The van der Waals surface area contributed by atoms with Crippen LogP contribution >= 0.6 is 11.6 Å². The number of aryl methyl sites for hydroxylation is 2. The number of hydrogen-bond acceptors (Lipinski definition) is 3. The minimum atomic E-state index is -0.100. The standard InChI is InChI=1S/C35H42ClN4O2/c1-5-26-11-10-12-27(6-2)33(26)40-32(21-24(3)4)30(34(41)38-18-8-7-9-19-38)22-29(35(40)42)31-17-20-39(37-31)23-25-13-15-28(36)16-14-25/h10-16,20,22,24H,5-9,17-19,21,23H2,1-4H3/q+1. The Morgan fingerprint density at radius 2 is 1.67 bits per heavy atom. The van der Waals surface area contributed by atoms with Crippen LogP contribution in [-0.4, -0.2) is 45.1 Å². The van der Waals surface area contributed by atoms with Crippen LogP contribution in [0.15, 0.2) is 58.4 Å². The molecule has 0 N–H and O–H groups in total. The van der Waals surface area contributed by atoms with Gasteiger partial charge in [0.1, 0.15) is 5.71 Å². The van der Waals surface area contributed by atoms with Gasteiger partial charge in [-0.05, 0) is 78.9 Å². The first-order valence-electron chi connectivity index (χ1n) is 15.4. The van der Waals surface area contributed by atoms with Crippen LogP contribution in [0.25, 0.3) is 5.69 Å². The number of para-hydroxylation sites is 1. The fraction of sp³-hybridized carbons (Fsp3) is 0.429. The summed E-state index contributed by atoms with van der Waals surface area (Å²) < 4.78 is 3.77. The second-order valence-electron chi connectivity index (χ2n) is 11.8. The highest BCUT2D eigenvalue weighted by Crippen LogP contribution is 2.27. The second kappa shape index (κ2) is 13.2. The Morgan fingerprint density at radius 1 is 1.00 bits per heavy atom. The summed E-state index contributed by atoms with van der Waals surface area (Å²) in [6.45, 7) is 10.6. The van der Waals surface area contributed by atoms with E-state index in [4.69, 9.17) is 16.7 Å². The summed E-state index contributed by atoms with van der Waals surface area (Å²) in [5.41, 5.74) is 6.77. The number of piperidine rings is 1. The normalized spacial score (nSPS) is 15.2. The Hall–Kier alpha value is -3.51. The Morgan fingerprint density at radius 3 is 2.29 bits per heavy atom. The summed E-state index contributed by atoms with van der Waals surface area (Å²) in [7, 11) is 0. The van der Waals surface area contributed by atoms with E-state index in [1.807, 2.05) is 50.7 Å². The predicted molar refractivity (Wildman–Crippen MR) is 172 cm³/mol. The Kier molecular flexibility index (Phi) is 9.42. The van der Waals surface area contributed by atoms with Crippen molar-refractivity contribution in [3.8, 4) is 5.69 Å². The topological polar surface area (TPSA) is 57.7 Å². The van der Waals surface area contributed by atoms with Gasteiger partial charge >= 0.3 is 0 Å². The SMILES string of the molecule is CCc1cccc(CC)c1-n1c(CC(C)C)c(C(=O)N2CCCCC2)cc(C2=N[N+](Cc3ccc(Cl)cc3)=CC2)c1=O. The van der Waals surface area contributed by atoms with Gasteiger partial charge in [-0.3, -0.25) is 14.2 Å². The number of likely N-dealkylation sites (tertiary alicyclic amines) is 1. The summed E-state index contributed by atoms with van der Waals surface area (Å²) in [5.74, 6) is 0.285. The van der Waals surface area contributed by atoms with Gasteiger partial charge in [-0.2, -0.15) is 0 Å². The predicted octanol–water partition coefficient (Wildman–Crippen LogP) is 6.83. The lowest BCUT2D eigenvalue weighted by atomic mass is 9.95. The van der Waals surface area contributed by atoms with Crippen LogP contribution in [0.1, 0.15) is 91.7 Å². The quantitative estimate of drug-likeness (QED) is 0.258. The zero-order valence-corrected chi connectivity index (χ0v) is 26.1. The summed E-state index contributed by atoms with van der Waals surface area (Å²) in [6, 6.07) is 15.9. The summed E-state index contributed by atoms with van der Waals surface area (Å²) in [5, 5.41) is 5.58. The van der Waals surface area contributed by atoms with Gasteiger partial charge < -0.3 is 4.90 Å². The number of halogens is 1. The fourth-order valence-electron chi connectivity index (χ4n) is 6.11. The van der Waals surface area contributed by atoms with Gasteiger partial charge in [-0.1, -0.05) is 74.3 Å². The van der Waals surface area contributed by atoms with Crippen LogP contribution in [0.3, 0.4) is 0 Å². The maximum absolute atomic E-state index is 14.7. The maximum atomic E-state index is 14.7. The highest BCUT2D eigenvalue weighted by atomic mass is 35.5. The number of hydrogen-bond donors (Lipinski definition) is 0. The molecule has 220 valence electrons. The number of pyridine rings is 1. The molecular weight excluding hydrogens is 544 g/mol. The third-order valence-electron chi connectivity index (χ3n) is 8.28. The molecule has 3 aromatic rings. The summed E-state index contributed by atoms with van der Waals surface area (Å²) >= 11 is 6.08. The molecule has 3 heterocycles. The van der Waals surface area contributed by atoms with Crippen molar-refractivity contribution in [3.63, 3.8) is 0 Å². The van der Waals surface area contributed by atoms with Gasteiger partial charge in [0.25, 0.3) is 11.5 Å². The minimum Gasteiger partial charge on any atom is -0.339 e. The number of nitrogens with zero attached hydrogens (tertiary/aromatic N) is 4. The highest BCUT2D eigenvalue weighted by Gasteiger charge is 2.30. The molecule has 1 saturated heterocycles. The molecule has 1 amide bonds. The number of carbonyl (C=O) groups is 1. The molecule has 0 aliphatic carbocycles.